The van der Waals surface area contributed by atoms with Crippen molar-refractivity contribution >= 4 is 10.0 Å². The predicted molar refractivity (Wildman–Crippen MR) is 81.1 cm³/mol. The highest BCUT2D eigenvalue weighted by atomic mass is 32.2. The van der Waals surface area contributed by atoms with Gasteiger partial charge < -0.3 is 5.32 Å². The van der Waals surface area contributed by atoms with Gasteiger partial charge in [-0.05, 0) is 49.6 Å². The second kappa shape index (κ2) is 6.24. The summed E-state index contributed by atoms with van der Waals surface area (Å²) in [6.45, 7) is 8.09. The van der Waals surface area contributed by atoms with Crippen molar-refractivity contribution in [3.63, 3.8) is 0 Å². The molecule has 0 heterocycles. The fourth-order valence-corrected chi connectivity index (χ4v) is 4.13. The lowest BCUT2D eigenvalue weighted by Crippen LogP contribution is -2.33. The molecule has 1 aromatic carbocycles. The molecule has 20 heavy (non-hydrogen) atoms. The average molecular weight is 296 g/mol. The number of benzene rings is 1. The first-order valence-electron chi connectivity index (χ1n) is 7.32. The zero-order valence-electron chi connectivity index (χ0n) is 12.5. The summed E-state index contributed by atoms with van der Waals surface area (Å²) < 4.78 is 27.0. The second-order valence-electron chi connectivity index (χ2n) is 5.31. The van der Waals surface area contributed by atoms with Gasteiger partial charge in [0.05, 0.1) is 4.90 Å². The number of nitrogens with zero attached hydrogens (tertiary/aromatic N) is 1. The van der Waals surface area contributed by atoms with E-state index in [1.807, 2.05) is 32.9 Å². The zero-order valence-corrected chi connectivity index (χ0v) is 13.3. The van der Waals surface area contributed by atoms with E-state index in [4.69, 9.17) is 0 Å². The molecular formula is C15H24N2O2S. The van der Waals surface area contributed by atoms with E-state index in [0.717, 1.165) is 30.5 Å². The third kappa shape index (κ3) is 3.22. The summed E-state index contributed by atoms with van der Waals surface area (Å²) in [6, 6.07) is 5.66. The molecule has 4 nitrogen and oxygen atoms in total. The van der Waals surface area contributed by atoms with Gasteiger partial charge in [-0.25, -0.2) is 8.42 Å². The molecule has 0 radical (unpaired) electrons. The monoisotopic (exact) mass is 296 g/mol. The molecule has 0 saturated heterocycles. The summed E-state index contributed by atoms with van der Waals surface area (Å²) in [5.74, 6) is 0. The topological polar surface area (TPSA) is 49.4 Å². The molecule has 1 N–H and O–H groups in total. The molecule has 0 aromatic heterocycles. The lowest BCUT2D eigenvalue weighted by molar-refractivity contribution is 0.421. The third-order valence-corrected chi connectivity index (χ3v) is 5.78. The lowest BCUT2D eigenvalue weighted by atomic mass is 10.1. The maximum atomic E-state index is 12.7. The Morgan fingerprint density at radius 2 is 2.00 bits per heavy atom. The van der Waals surface area contributed by atoms with Crippen LogP contribution < -0.4 is 5.32 Å². The first-order valence-corrected chi connectivity index (χ1v) is 8.76. The quantitative estimate of drug-likeness (QED) is 0.840. The van der Waals surface area contributed by atoms with Crippen LogP contribution in [0.15, 0.2) is 23.1 Å². The number of rotatable bonds is 7. The van der Waals surface area contributed by atoms with Gasteiger partial charge in [-0.15, -0.1) is 0 Å². The molecule has 1 aliphatic carbocycles. The summed E-state index contributed by atoms with van der Waals surface area (Å²) in [5.41, 5.74) is 2.18. The fourth-order valence-electron chi connectivity index (χ4n) is 2.38. The smallest absolute Gasteiger partial charge is 0.243 e. The van der Waals surface area contributed by atoms with Crippen LogP contribution in [0.3, 0.4) is 0 Å². The van der Waals surface area contributed by atoms with Crippen molar-refractivity contribution in [2.24, 2.45) is 0 Å². The molecule has 0 aliphatic heterocycles. The van der Waals surface area contributed by atoms with Crippen LogP contribution in [0.25, 0.3) is 0 Å². The van der Waals surface area contributed by atoms with E-state index in [1.54, 1.807) is 10.4 Å². The van der Waals surface area contributed by atoms with Gasteiger partial charge >= 0.3 is 0 Å². The van der Waals surface area contributed by atoms with Crippen molar-refractivity contribution in [3.05, 3.63) is 29.3 Å². The minimum absolute atomic E-state index is 0.212. The highest BCUT2D eigenvalue weighted by Gasteiger charge is 2.36. The van der Waals surface area contributed by atoms with Gasteiger partial charge in [-0.3, -0.25) is 0 Å². The van der Waals surface area contributed by atoms with Crippen LogP contribution in [-0.4, -0.2) is 31.9 Å². The summed E-state index contributed by atoms with van der Waals surface area (Å²) in [7, 11) is -3.35. The van der Waals surface area contributed by atoms with Crippen LogP contribution in [0.1, 0.15) is 37.8 Å². The molecule has 5 heteroatoms. The van der Waals surface area contributed by atoms with E-state index < -0.39 is 10.0 Å². The van der Waals surface area contributed by atoms with Crippen molar-refractivity contribution in [1.29, 1.82) is 0 Å². The Labute approximate surface area is 122 Å². The molecule has 0 unspecified atom stereocenters. The summed E-state index contributed by atoms with van der Waals surface area (Å²) in [5, 5.41) is 3.25. The SMILES string of the molecule is CCNCc1cc(S(=O)(=O)N(CC)C2CC2)ccc1C. The molecule has 112 valence electrons. The zero-order chi connectivity index (χ0) is 14.8. The Bertz CT molecular complexity index is 565. The molecule has 1 aliphatic rings. The lowest BCUT2D eigenvalue weighted by Gasteiger charge is -2.20. The van der Waals surface area contributed by atoms with E-state index >= 15 is 0 Å². The van der Waals surface area contributed by atoms with Gasteiger partial charge in [-0.1, -0.05) is 19.9 Å². The van der Waals surface area contributed by atoms with E-state index in [0.29, 0.717) is 18.0 Å². The van der Waals surface area contributed by atoms with Crippen molar-refractivity contribution < 1.29 is 8.42 Å². The van der Waals surface area contributed by atoms with E-state index in [-0.39, 0.29) is 6.04 Å². The van der Waals surface area contributed by atoms with Gasteiger partial charge in [0, 0.05) is 19.1 Å². The molecule has 0 atom stereocenters. The van der Waals surface area contributed by atoms with Gasteiger partial charge in [0.25, 0.3) is 0 Å². The molecule has 1 aromatic rings. The van der Waals surface area contributed by atoms with Crippen LogP contribution >= 0.6 is 0 Å². The molecule has 0 bridgehead atoms. The summed E-state index contributed by atoms with van der Waals surface area (Å²) in [4.78, 5) is 0.421. The number of aryl methyl sites for hydroxylation is 1. The summed E-state index contributed by atoms with van der Waals surface area (Å²) >= 11 is 0. The van der Waals surface area contributed by atoms with Gasteiger partial charge in [0.15, 0.2) is 0 Å². The van der Waals surface area contributed by atoms with Crippen molar-refractivity contribution in [2.75, 3.05) is 13.1 Å². The van der Waals surface area contributed by atoms with Crippen molar-refractivity contribution in [3.8, 4) is 0 Å². The fraction of sp³-hybridized carbons (Fsp3) is 0.600. The number of sulfonamides is 1. The van der Waals surface area contributed by atoms with Crippen LogP contribution in [-0.2, 0) is 16.6 Å². The normalized spacial score (nSPS) is 15.8. The minimum Gasteiger partial charge on any atom is -0.313 e. The highest BCUT2D eigenvalue weighted by molar-refractivity contribution is 7.89. The number of nitrogens with one attached hydrogen (secondary N) is 1. The highest BCUT2D eigenvalue weighted by Crippen LogP contribution is 2.32. The minimum atomic E-state index is -3.35. The van der Waals surface area contributed by atoms with Crippen LogP contribution in [0.2, 0.25) is 0 Å². The molecule has 0 amide bonds. The Morgan fingerprint density at radius 1 is 1.30 bits per heavy atom. The second-order valence-corrected chi connectivity index (χ2v) is 7.20. The first kappa shape index (κ1) is 15.5. The molecule has 1 fully saturated rings. The van der Waals surface area contributed by atoms with Gasteiger partial charge in [-0.2, -0.15) is 4.31 Å². The third-order valence-electron chi connectivity index (χ3n) is 3.76. The van der Waals surface area contributed by atoms with Crippen LogP contribution in [0.5, 0.6) is 0 Å². The van der Waals surface area contributed by atoms with E-state index in [2.05, 4.69) is 5.32 Å². The maximum Gasteiger partial charge on any atom is 0.243 e. The maximum absolute atomic E-state index is 12.7. The molecule has 2 rings (SSSR count). The number of hydrogen-bond acceptors (Lipinski definition) is 3. The van der Waals surface area contributed by atoms with Crippen molar-refractivity contribution in [1.82, 2.24) is 9.62 Å². The number of hydrogen-bond donors (Lipinski definition) is 1. The Hall–Kier alpha value is -0.910. The van der Waals surface area contributed by atoms with Gasteiger partial charge in [0.2, 0.25) is 10.0 Å². The van der Waals surface area contributed by atoms with Crippen molar-refractivity contribution in [2.45, 2.75) is 51.1 Å². The Balaban J connectivity index is 2.31. The Morgan fingerprint density at radius 3 is 2.55 bits per heavy atom. The largest absolute Gasteiger partial charge is 0.313 e. The predicted octanol–water partition coefficient (Wildman–Crippen LogP) is 2.28. The summed E-state index contributed by atoms with van der Waals surface area (Å²) in [6.07, 6.45) is 1.98. The first-order chi connectivity index (χ1) is 9.50. The van der Waals surface area contributed by atoms with Gasteiger partial charge in [0.1, 0.15) is 0 Å². The molecule has 1 saturated carbocycles. The molecular weight excluding hydrogens is 272 g/mol. The van der Waals surface area contributed by atoms with E-state index in [9.17, 15) is 8.42 Å². The van der Waals surface area contributed by atoms with Crippen LogP contribution in [0, 0.1) is 6.92 Å². The average Bonchev–Trinajstić information content (AvgIpc) is 3.22. The Kier molecular flexibility index (Phi) is 4.83. The standard InChI is InChI=1S/C15H24N2O2S/c1-4-16-11-13-10-15(9-6-12(13)3)20(18,19)17(5-2)14-7-8-14/h6,9-10,14,16H,4-5,7-8,11H2,1-3H3. The van der Waals surface area contributed by atoms with E-state index in [1.165, 1.54) is 0 Å². The van der Waals surface area contributed by atoms with Crippen LogP contribution in [0.4, 0.5) is 0 Å². The molecule has 0 spiro atoms.